The highest BCUT2D eigenvalue weighted by atomic mass is 32.2. The van der Waals surface area contributed by atoms with Gasteiger partial charge in [0.2, 0.25) is 5.95 Å². The second kappa shape index (κ2) is 4.32. The molecule has 16 heavy (non-hydrogen) atoms. The normalized spacial score (nSPS) is 20.4. The van der Waals surface area contributed by atoms with Gasteiger partial charge in [0.15, 0.2) is 9.84 Å². The lowest BCUT2D eigenvalue weighted by atomic mass is 10.4. The van der Waals surface area contributed by atoms with Gasteiger partial charge in [-0.3, -0.25) is 0 Å². The molecule has 1 saturated heterocycles. The van der Waals surface area contributed by atoms with Gasteiger partial charge >= 0.3 is 0 Å². The Labute approximate surface area is 93.2 Å². The summed E-state index contributed by atoms with van der Waals surface area (Å²) in [5, 5.41) is 0. The number of aromatic nitrogens is 2. The molecule has 0 amide bonds. The van der Waals surface area contributed by atoms with Gasteiger partial charge in [0.05, 0.1) is 11.5 Å². The van der Waals surface area contributed by atoms with Crippen LogP contribution in [0.5, 0.6) is 0 Å². The summed E-state index contributed by atoms with van der Waals surface area (Å²) >= 11 is 0. The zero-order chi connectivity index (χ0) is 11.6. The van der Waals surface area contributed by atoms with E-state index in [4.69, 9.17) is 0 Å². The average Bonchev–Trinajstić information content (AvgIpc) is 2.39. The van der Waals surface area contributed by atoms with E-state index in [1.165, 1.54) is 6.07 Å². The fraction of sp³-hybridized carbons (Fsp3) is 0.556. The minimum atomic E-state index is -2.95. The van der Waals surface area contributed by atoms with Crippen LogP contribution in [0.15, 0.2) is 12.4 Å². The molecule has 1 aromatic rings. The third-order valence-electron chi connectivity index (χ3n) is 2.50. The molecule has 1 aliphatic heterocycles. The topological polar surface area (TPSA) is 63.2 Å². The highest BCUT2D eigenvalue weighted by Gasteiger charge is 2.20. The Morgan fingerprint density at radius 3 is 2.81 bits per heavy atom. The van der Waals surface area contributed by atoms with E-state index < -0.39 is 15.8 Å². The number of rotatable bonds is 1. The fourth-order valence-corrected chi connectivity index (χ4v) is 2.94. The molecule has 0 N–H and O–H groups in total. The fourth-order valence-electron chi connectivity index (χ4n) is 1.66. The van der Waals surface area contributed by atoms with Crippen molar-refractivity contribution >= 4 is 15.7 Å². The summed E-state index contributed by atoms with van der Waals surface area (Å²) in [5.41, 5.74) is 0. The molecule has 7 heteroatoms. The Hall–Kier alpha value is -1.24. The first-order valence-corrected chi connectivity index (χ1v) is 6.82. The van der Waals surface area contributed by atoms with E-state index in [2.05, 4.69) is 9.97 Å². The summed E-state index contributed by atoms with van der Waals surface area (Å²) < 4.78 is 35.6. The summed E-state index contributed by atoms with van der Waals surface area (Å²) in [5.74, 6) is 0.136. The standard InChI is InChI=1S/C9H12FN3O2S/c10-8-6-9(12-7-11-8)13-2-1-4-16(14,15)5-3-13/h6-7H,1-5H2. The molecule has 1 aromatic heterocycles. The second-order valence-electron chi connectivity index (χ2n) is 3.69. The van der Waals surface area contributed by atoms with Crippen LogP contribution < -0.4 is 4.90 Å². The molecule has 1 fully saturated rings. The number of halogens is 1. The Balaban J connectivity index is 2.17. The maximum Gasteiger partial charge on any atom is 0.218 e. The van der Waals surface area contributed by atoms with Crippen molar-refractivity contribution in [2.75, 3.05) is 29.5 Å². The average molecular weight is 245 g/mol. The van der Waals surface area contributed by atoms with Crippen LogP contribution in [-0.4, -0.2) is 43.0 Å². The van der Waals surface area contributed by atoms with Gasteiger partial charge in [0, 0.05) is 19.2 Å². The molecule has 0 unspecified atom stereocenters. The van der Waals surface area contributed by atoms with Crippen LogP contribution in [0, 0.1) is 5.95 Å². The maximum atomic E-state index is 12.9. The summed E-state index contributed by atoms with van der Waals surface area (Å²) in [6, 6.07) is 1.22. The van der Waals surface area contributed by atoms with Crippen LogP contribution in [0.1, 0.15) is 6.42 Å². The van der Waals surface area contributed by atoms with Crippen LogP contribution in [0.3, 0.4) is 0 Å². The molecule has 2 rings (SSSR count). The number of anilines is 1. The van der Waals surface area contributed by atoms with Crippen molar-refractivity contribution in [2.45, 2.75) is 6.42 Å². The van der Waals surface area contributed by atoms with Gasteiger partial charge in [0.1, 0.15) is 12.1 Å². The SMILES string of the molecule is O=S1(=O)CCCN(c2cc(F)ncn2)CC1. The van der Waals surface area contributed by atoms with E-state index in [9.17, 15) is 12.8 Å². The van der Waals surface area contributed by atoms with Crippen molar-refractivity contribution in [2.24, 2.45) is 0 Å². The summed E-state index contributed by atoms with van der Waals surface area (Å²) in [6.07, 6.45) is 1.69. The quantitative estimate of drug-likeness (QED) is 0.663. The van der Waals surface area contributed by atoms with Gasteiger partial charge in [0.25, 0.3) is 0 Å². The maximum absolute atomic E-state index is 12.9. The van der Waals surface area contributed by atoms with E-state index in [0.29, 0.717) is 25.3 Å². The number of sulfone groups is 1. The van der Waals surface area contributed by atoms with Crippen molar-refractivity contribution in [1.29, 1.82) is 0 Å². The van der Waals surface area contributed by atoms with Gasteiger partial charge in [-0.2, -0.15) is 4.39 Å². The molecular weight excluding hydrogens is 233 g/mol. The van der Waals surface area contributed by atoms with E-state index in [0.717, 1.165) is 6.33 Å². The van der Waals surface area contributed by atoms with Gasteiger partial charge in [-0.05, 0) is 6.42 Å². The number of hydrogen-bond acceptors (Lipinski definition) is 5. The largest absolute Gasteiger partial charge is 0.355 e. The first-order chi connectivity index (χ1) is 7.57. The molecule has 1 aliphatic rings. The van der Waals surface area contributed by atoms with Crippen molar-refractivity contribution in [3.63, 3.8) is 0 Å². The Kier molecular flexibility index (Phi) is 3.04. The van der Waals surface area contributed by atoms with Crippen molar-refractivity contribution in [3.8, 4) is 0 Å². The van der Waals surface area contributed by atoms with Crippen LogP contribution in [0.4, 0.5) is 10.2 Å². The molecule has 0 saturated carbocycles. The Morgan fingerprint density at radius 1 is 1.25 bits per heavy atom. The molecule has 0 spiro atoms. The molecule has 0 atom stereocenters. The molecular formula is C9H12FN3O2S. The molecule has 0 aromatic carbocycles. The van der Waals surface area contributed by atoms with Crippen LogP contribution in [0.2, 0.25) is 0 Å². The highest BCUT2D eigenvalue weighted by Crippen LogP contribution is 2.14. The van der Waals surface area contributed by atoms with E-state index in [1.54, 1.807) is 4.90 Å². The van der Waals surface area contributed by atoms with E-state index in [1.807, 2.05) is 0 Å². The highest BCUT2D eigenvalue weighted by molar-refractivity contribution is 7.91. The van der Waals surface area contributed by atoms with Crippen LogP contribution >= 0.6 is 0 Å². The minimum Gasteiger partial charge on any atom is -0.355 e. The van der Waals surface area contributed by atoms with Gasteiger partial charge in [-0.25, -0.2) is 18.4 Å². The monoisotopic (exact) mass is 245 g/mol. The summed E-state index contributed by atoms with van der Waals surface area (Å²) in [7, 11) is -2.95. The van der Waals surface area contributed by atoms with E-state index >= 15 is 0 Å². The van der Waals surface area contributed by atoms with Crippen molar-refractivity contribution in [3.05, 3.63) is 18.3 Å². The van der Waals surface area contributed by atoms with Crippen molar-refractivity contribution in [1.82, 2.24) is 9.97 Å². The van der Waals surface area contributed by atoms with Crippen molar-refractivity contribution < 1.29 is 12.8 Å². The van der Waals surface area contributed by atoms with E-state index in [-0.39, 0.29) is 11.5 Å². The molecule has 5 nitrogen and oxygen atoms in total. The first-order valence-electron chi connectivity index (χ1n) is 5.00. The Bertz CT molecular complexity index is 477. The van der Waals surface area contributed by atoms with Gasteiger partial charge in [-0.15, -0.1) is 0 Å². The second-order valence-corrected chi connectivity index (χ2v) is 5.99. The lowest BCUT2D eigenvalue weighted by molar-refractivity contribution is 0.578. The van der Waals surface area contributed by atoms with Gasteiger partial charge in [-0.1, -0.05) is 0 Å². The predicted molar refractivity (Wildman–Crippen MR) is 57.5 cm³/mol. The smallest absolute Gasteiger partial charge is 0.218 e. The molecule has 2 heterocycles. The predicted octanol–water partition coefficient (Wildman–Crippen LogP) is 0.241. The zero-order valence-corrected chi connectivity index (χ0v) is 9.45. The lowest BCUT2D eigenvalue weighted by Gasteiger charge is -2.20. The third kappa shape index (κ3) is 2.66. The summed E-state index contributed by atoms with van der Waals surface area (Å²) in [4.78, 5) is 9.07. The zero-order valence-electron chi connectivity index (χ0n) is 8.63. The Morgan fingerprint density at radius 2 is 2.06 bits per heavy atom. The minimum absolute atomic E-state index is 0.0959. The third-order valence-corrected chi connectivity index (χ3v) is 4.21. The summed E-state index contributed by atoms with van der Waals surface area (Å²) in [6.45, 7) is 0.939. The van der Waals surface area contributed by atoms with Crippen LogP contribution in [0.25, 0.3) is 0 Å². The van der Waals surface area contributed by atoms with Crippen LogP contribution in [-0.2, 0) is 9.84 Å². The van der Waals surface area contributed by atoms with Gasteiger partial charge < -0.3 is 4.90 Å². The molecule has 0 bridgehead atoms. The number of hydrogen-bond donors (Lipinski definition) is 0. The molecule has 0 radical (unpaired) electrons. The lowest BCUT2D eigenvalue weighted by Crippen LogP contribution is -2.27. The number of nitrogens with zero attached hydrogens (tertiary/aromatic N) is 3. The molecule has 0 aliphatic carbocycles. The first kappa shape index (κ1) is 11.3. The molecule has 88 valence electrons.